The molecule has 0 aliphatic carbocycles. The average molecular weight is 392 g/mol. The maximum atomic E-state index is 13.3. The molecule has 1 aliphatic rings. The SMILES string of the molecule is CN(C)C(=O)C(=O)N1CC(OCCNC(=O)Cc2noc3ccc(F)cc23)C1. The van der Waals surface area contributed by atoms with Crippen LogP contribution in [0.3, 0.4) is 0 Å². The van der Waals surface area contributed by atoms with Crippen molar-refractivity contribution < 1.29 is 28.0 Å². The molecular weight excluding hydrogens is 371 g/mol. The highest BCUT2D eigenvalue weighted by atomic mass is 19.1. The molecule has 2 aromatic rings. The topological polar surface area (TPSA) is 105 Å². The lowest BCUT2D eigenvalue weighted by Gasteiger charge is -2.38. The van der Waals surface area contributed by atoms with Crippen LogP contribution in [0.1, 0.15) is 5.69 Å². The average Bonchev–Trinajstić information content (AvgIpc) is 3.00. The summed E-state index contributed by atoms with van der Waals surface area (Å²) < 4.78 is 23.9. The minimum atomic E-state index is -0.564. The van der Waals surface area contributed by atoms with Gasteiger partial charge < -0.3 is 24.4 Å². The van der Waals surface area contributed by atoms with E-state index in [0.717, 1.165) is 0 Å². The summed E-state index contributed by atoms with van der Waals surface area (Å²) >= 11 is 0. The smallest absolute Gasteiger partial charge is 0.312 e. The highest BCUT2D eigenvalue weighted by Gasteiger charge is 2.35. The summed E-state index contributed by atoms with van der Waals surface area (Å²) in [7, 11) is 3.05. The van der Waals surface area contributed by atoms with Crippen LogP contribution < -0.4 is 5.32 Å². The molecule has 1 aromatic heterocycles. The first-order valence-electron chi connectivity index (χ1n) is 8.78. The van der Waals surface area contributed by atoms with Crippen LogP contribution in [-0.2, 0) is 25.5 Å². The van der Waals surface area contributed by atoms with E-state index in [1.807, 2.05) is 0 Å². The molecular formula is C18H21FN4O5. The summed E-state index contributed by atoms with van der Waals surface area (Å²) in [5.41, 5.74) is 0.788. The second kappa shape index (κ2) is 8.34. The number of nitrogens with zero attached hydrogens (tertiary/aromatic N) is 3. The Morgan fingerprint density at radius 1 is 1.36 bits per heavy atom. The van der Waals surface area contributed by atoms with Crippen LogP contribution in [0, 0.1) is 5.82 Å². The summed E-state index contributed by atoms with van der Waals surface area (Å²) in [6.07, 6.45) is -0.187. The first-order chi connectivity index (χ1) is 13.3. The molecule has 0 saturated carbocycles. The maximum absolute atomic E-state index is 13.3. The first-order valence-corrected chi connectivity index (χ1v) is 8.78. The van der Waals surface area contributed by atoms with Crippen molar-refractivity contribution in [2.45, 2.75) is 12.5 Å². The van der Waals surface area contributed by atoms with Crippen molar-refractivity contribution in [1.82, 2.24) is 20.3 Å². The van der Waals surface area contributed by atoms with E-state index in [-0.39, 0.29) is 31.6 Å². The number of nitrogens with one attached hydrogen (secondary N) is 1. The molecule has 0 spiro atoms. The predicted molar refractivity (Wildman–Crippen MR) is 95.7 cm³/mol. The molecule has 0 bridgehead atoms. The van der Waals surface area contributed by atoms with E-state index >= 15 is 0 Å². The number of aromatic nitrogens is 1. The van der Waals surface area contributed by atoms with Gasteiger partial charge in [-0.3, -0.25) is 14.4 Å². The van der Waals surface area contributed by atoms with Crippen molar-refractivity contribution in [2.24, 2.45) is 0 Å². The van der Waals surface area contributed by atoms with E-state index < -0.39 is 17.6 Å². The van der Waals surface area contributed by atoms with Gasteiger partial charge in [-0.15, -0.1) is 0 Å². The summed E-state index contributed by atoms with van der Waals surface area (Å²) in [5.74, 6) is -1.82. The predicted octanol–water partition coefficient (Wildman–Crippen LogP) is -0.0588. The third-order valence-electron chi connectivity index (χ3n) is 4.34. The minimum absolute atomic E-state index is 0.0329. The van der Waals surface area contributed by atoms with Gasteiger partial charge in [0, 0.05) is 39.1 Å². The van der Waals surface area contributed by atoms with Crippen molar-refractivity contribution >= 4 is 28.7 Å². The van der Waals surface area contributed by atoms with Gasteiger partial charge in [0.1, 0.15) is 11.5 Å². The number of hydrogen-bond donors (Lipinski definition) is 1. The van der Waals surface area contributed by atoms with Gasteiger partial charge in [-0.2, -0.15) is 0 Å². The molecule has 3 rings (SSSR count). The molecule has 1 saturated heterocycles. The quantitative estimate of drug-likeness (QED) is 0.546. The molecule has 28 heavy (non-hydrogen) atoms. The summed E-state index contributed by atoms with van der Waals surface area (Å²) in [6.45, 7) is 1.25. The van der Waals surface area contributed by atoms with Crippen LogP contribution in [0.25, 0.3) is 11.0 Å². The third-order valence-corrected chi connectivity index (χ3v) is 4.34. The van der Waals surface area contributed by atoms with Gasteiger partial charge in [0.25, 0.3) is 0 Å². The number of fused-ring (bicyclic) bond motifs is 1. The summed E-state index contributed by atoms with van der Waals surface area (Å²) in [6, 6.07) is 4.01. The molecule has 1 N–H and O–H groups in total. The Morgan fingerprint density at radius 3 is 2.82 bits per heavy atom. The Balaban J connectivity index is 1.35. The van der Waals surface area contributed by atoms with Crippen molar-refractivity contribution in [1.29, 1.82) is 0 Å². The number of benzene rings is 1. The van der Waals surface area contributed by atoms with Crippen molar-refractivity contribution in [3.8, 4) is 0 Å². The molecule has 1 aliphatic heterocycles. The lowest BCUT2D eigenvalue weighted by molar-refractivity contribution is -0.158. The van der Waals surface area contributed by atoms with E-state index in [1.165, 1.54) is 42.1 Å². The Morgan fingerprint density at radius 2 is 2.11 bits per heavy atom. The molecule has 0 atom stereocenters. The lowest BCUT2D eigenvalue weighted by atomic mass is 10.1. The van der Waals surface area contributed by atoms with Gasteiger partial charge in [0.05, 0.1) is 19.1 Å². The fourth-order valence-electron chi connectivity index (χ4n) is 2.75. The Hall–Kier alpha value is -3.01. The van der Waals surface area contributed by atoms with Crippen molar-refractivity contribution in [3.63, 3.8) is 0 Å². The number of carbonyl (C=O) groups is 3. The molecule has 150 valence electrons. The first kappa shape index (κ1) is 19.7. The minimum Gasteiger partial charge on any atom is -0.373 e. The van der Waals surface area contributed by atoms with Crippen LogP contribution in [0.4, 0.5) is 4.39 Å². The second-order valence-corrected chi connectivity index (χ2v) is 6.70. The summed E-state index contributed by atoms with van der Waals surface area (Å²) in [4.78, 5) is 38.0. The largest absolute Gasteiger partial charge is 0.373 e. The van der Waals surface area contributed by atoms with Crippen LogP contribution in [-0.4, -0.2) is 79.1 Å². The number of likely N-dealkylation sites (tertiary alicyclic amines) is 1. The molecule has 3 amide bonds. The van der Waals surface area contributed by atoms with Crippen LogP contribution >= 0.6 is 0 Å². The van der Waals surface area contributed by atoms with E-state index in [0.29, 0.717) is 29.8 Å². The molecule has 9 nitrogen and oxygen atoms in total. The van der Waals surface area contributed by atoms with Crippen LogP contribution in [0.5, 0.6) is 0 Å². The lowest BCUT2D eigenvalue weighted by Crippen LogP contribution is -2.58. The number of rotatable bonds is 6. The summed E-state index contributed by atoms with van der Waals surface area (Å²) in [5, 5.41) is 6.96. The van der Waals surface area contributed by atoms with E-state index in [1.54, 1.807) is 0 Å². The highest BCUT2D eigenvalue weighted by Crippen LogP contribution is 2.19. The number of ether oxygens (including phenoxy) is 1. The Labute approximate surface area is 160 Å². The maximum Gasteiger partial charge on any atom is 0.312 e. The van der Waals surface area contributed by atoms with Crippen LogP contribution in [0.15, 0.2) is 22.7 Å². The van der Waals surface area contributed by atoms with Gasteiger partial charge in [-0.05, 0) is 18.2 Å². The van der Waals surface area contributed by atoms with Gasteiger partial charge in [0.2, 0.25) is 5.91 Å². The zero-order valence-electron chi connectivity index (χ0n) is 15.6. The highest BCUT2D eigenvalue weighted by molar-refractivity contribution is 6.34. The molecule has 0 radical (unpaired) electrons. The Kier molecular flexibility index (Phi) is 5.88. The van der Waals surface area contributed by atoms with Crippen LogP contribution in [0.2, 0.25) is 0 Å². The zero-order chi connectivity index (χ0) is 20.3. The number of hydrogen-bond acceptors (Lipinski definition) is 6. The second-order valence-electron chi connectivity index (χ2n) is 6.70. The van der Waals surface area contributed by atoms with Gasteiger partial charge in [-0.1, -0.05) is 5.16 Å². The monoisotopic (exact) mass is 392 g/mol. The fraction of sp³-hybridized carbons (Fsp3) is 0.444. The number of carbonyl (C=O) groups excluding carboxylic acids is 3. The third kappa shape index (κ3) is 4.45. The standard InChI is InChI=1S/C18H21FN4O5/c1-22(2)17(25)18(26)23-9-12(10-23)27-6-5-20-16(24)8-14-13-7-11(19)3-4-15(13)28-21-14/h3-4,7,12H,5-6,8-10H2,1-2H3,(H,20,24). The molecule has 1 aromatic carbocycles. The van der Waals surface area contributed by atoms with Gasteiger partial charge in [0.15, 0.2) is 5.58 Å². The van der Waals surface area contributed by atoms with Crippen molar-refractivity contribution in [3.05, 3.63) is 29.7 Å². The number of likely N-dealkylation sites (N-methyl/N-ethyl adjacent to an activating group) is 1. The Bertz CT molecular complexity index is 891. The molecule has 10 heteroatoms. The molecule has 1 fully saturated rings. The number of halogens is 1. The zero-order valence-corrected chi connectivity index (χ0v) is 15.6. The van der Waals surface area contributed by atoms with Crippen molar-refractivity contribution in [2.75, 3.05) is 40.3 Å². The molecule has 2 heterocycles. The normalized spacial score (nSPS) is 14.0. The van der Waals surface area contributed by atoms with Gasteiger partial charge >= 0.3 is 11.8 Å². The van der Waals surface area contributed by atoms with E-state index in [4.69, 9.17) is 9.26 Å². The number of amides is 3. The molecule has 0 unspecified atom stereocenters. The van der Waals surface area contributed by atoms with Gasteiger partial charge in [-0.25, -0.2) is 4.39 Å². The van der Waals surface area contributed by atoms with E-state index in [9.17, 15) is 18.8 Å². The van der Waals surface area contributed by atoms with E-state index in [2.05, 4.69) is 10.5 Å². The fourth-order valence-corrected chi connectivity index (χ4v) is 2.75.